The fourth-order valence-corrected chi connectivity index (χ4v) is 3.58. The van der Waals surface area contributed by atoms with E-state index in [2.05, 4.69) is 32.3 Å². The number of thiazole rings is 1. The van der Waals surface area contributed by atoms with E-state index in [9.17, 15) is 0 Å². The minimum absolute atomic E-state index is 0.102. The molecule has 7 nitrogen and oxygen atoms in total. The van der Waals surface area contributed by atoms with Crippen LogP contribution in [0.25, 0.3) is 11.6 Å². The van der Waals surface area contributed by atoms with Crippen LogP contribution in [-0.4, -0.2) is 47.0 Å². The largest absolute Gasteiger partial charge is 0.402 e. The molecular formula is C14H19N5O2S. The maximum Gasteiger partial charge on any atom is 0.316 e. The average molecular weight is 321 g/mol. The molecule has 3 heterocycles. The van der Waals surface area contributed by atoms with Crippen molar-refractivity contribution in [2.45, 2.75) is 31.7 Å². The summed E-state index contributed by atoms with van der Waals surface area (Å²) in [5.74, 6) is 0.473. The van der Waals surface area contributed by atoms with E-state index < -0.39 is 0 Å². The first-order valence-corrected chi connectivity index (χ1v) is 8.50. The van der Waals surface area contributed by atoms with E-state index in [1.54, 1.807) is 11.3 Å². The summed E-state index contributed by atoms with van der Waals surface area (Å²) >= 11 is 1.60. The van der Waals surface area contributed by atoms with Crippen molar-refractivity contribution in [2.24, 2.45) is 0 Å². The SMILES string of the molecule is CC1(Nc2nnc(-c3csc(N4CCOCC4)n3)o2)CCC1. The Hall–Kier alpha value is -1.67. The molecule has 0 bridgehead atoms. The van der Waals surface area contributed by atoms with Crippen LogP contribution in [0, 0.1) is 0 Å². The number of aromatic nitrogens is 3. The van der Waals surface area contributed by atoms with E-state index in [1.165, 1.54) is 6.42 Å². The highest BCUT2D eigenvalue weighted by molar-refractivity contribution is 7.14. The normalized spacial score (nSPS) is 20.7. The molecule has 0 atom stereocenters. The highest BCUT2D eigenvalue weighted by Crippen LogP contribution is 2.35. The Labute approximate surface area is 132 Å². The molecule has 0 spiro atoms. The molecule has 2 aliphatic rings. The van der Waals surface area contributed by atoms with Gasteiger partial charge in [0.15, 0.2) is 5.13 Å². The fourth-order valence-electron chi connectivity index (χ4n) is 2.73. The molecule has 1 N–H and O–H groups in total. The quantitative estimate of drug-likeness (QED) is 0.926. The van der Waals surface area contributed by atoms with Gasteiger partial charge in [0.05, 0.1) is 13.2 Å². The van der Waals surface area contributed by atoms with Crippen LogP contribution < -0.4 is 10.2 Å². The van der Waals surface area contributed by atoms with Crippen molar-refractivity contribution < 1.29 is 9.15 Å². The smallest absolute Gasteiger partial charge is 0.316 e. The number of hydrogen-bond donors (Lipinski definition) is 1. The molecule has 1 saturated heterocycles. The van der Waals surface area contributed by atoms with Gasteiger partial charge in [0, 0.05) is 24.0 Å². The van der Waals surface area contributed by atoms with E-state index in [0.29, 0.717) is 11.9 Å². The standard InChI is InChI=1S/C14H19N5O2S/c1-14(3-2-4-14)16-12-18-17-11(21-12)10-9-22-13(15-10)19-5-7-20-8-6-19/h9H,2-8H2,1H3,(H,16,18). The Morgan fingerprint density at radius 3 is 2.82 bits per heavy atom. The summed E-state index contributed by atoms with van der Waals surface area (Å²) in [5, 5.41) is 14.5. The van der Waals surface area contributed by atoms with Gasteiger partial charge in [0.2, 0.25) is 0 Å². The zero-order valence-electron chi connectivity index (χ0n) is 12.5. The number of morpholine rings is 1. The molecule has 118 valence electrons. The highest BCUT2D eigenvalue weighted by atomic mass is 32.1. The van der Waals surface area contributed by atoms with E-state index in [-0.39, 0.29) is 5.54 Å². The molecule has 1 aliphatic heterocycles. The van der Waals surface area contributed by atoms with Crippen molar-refractivity contribution in [1.82, 2.24) is 15.2 Å². The minimum atomic E-state index is 0.102. The summed E-state index contributed by atoms with van der Waals surface area (Å²) in [4.78, 5) is 6.84. The number of anilines is 2. The van der Waals surface area contributed by atoms with E-state index >= 15 is 0 Å². The first-order chi connectivity index (χ1) is 10.7. The molecule has 4 rings (SSSR count). The third kappa shape index (κ3) is 2.68. The number of rotatable bonds is 4. The van der Waals surface area contributed by atoms with Crippen molar-refractivity contribution in [3.8, 4) is 11.6 Å². The van der Waals surface area contributed by atoms with E-state index in [1.807, 2.05) is 5.38 Å². The molecule has 1 saturated carbocycles. The third-order valence-electron chi connectivity index (χ3n) is 4.28. The molecule has 0 radical (unpaired) electrons. The van der Waals surface area contributed by atoms with Gasteiger partial charge in [-0.1, -0.05) is 5.10 Å². The molecule has 2 fully saturated rings. The topological polar surface area (TPSA) is 76.3 Å². The lowest BCUT2D eigenvalue weighted by Gasteiger charge is -2.38. The monoisotopic (exact) mass is 321 g/mol. The molecule has 8 heteroatoms. The Morgan fingerprint density at radius 2 is 2.09 bits per heavy atom. The molecule has 2 aromatic heterocycles. The Kier molecular flexibility index (Phi) is 3.50. The van der Waals surface area contributed by atoms with Gasteiger partial charge < -0.3 is 19.4 Å². The van der Waals surface area contributed by atoms with Crippen LogP contribution in [0.3, 0.4) is 0 Å². The lowest BCUT2D eigenvalue weighted by atomic mass is 9.79. The summed E-state index contributed by atoms with van der Waals surface area (Å²) < 4.78 is 11.1. The van der Waals surface area contributed by atoms with Crippen molar-refractivity contribution in [1.29, 1.82) is 0 Å². The molecule has 0 aromatic carbocycles. The Bertz CT molecular complexity index is 645. The molecule has 22 heavy (non-hydrogen) atoms. The van der Waals surface area contributed by atoms with Crippen LogP contribution in [0.1, 0.15) is 26.2 Å². The predicted molar refractivity (Wildman–Crippen MR) is 84.3 cm³/mol. The van der Waals surface area contributed by atoms with Crippen LogP contribution in [0.2, 0.25) is 0 Å². The second-order valence-corrected chi connectivity index (χ2v) is 6.90. The first-order valence-electron chi connectivity index (χ1n) is 7.62. The second-order valence-electron chi connectivity index (χ2n) is 6.07. The Morgan fingerprint density at radius 1 is 1.27 bits per heavy atom. The zero-order chi connectivity index (χ0) is 15.0. The van der Waals surface area contributed by atoms with Crippen LogP contribution in [-0.2, 0) is 4.74 Å². The second kappa shape index (κ2) is 5.51. The maximum absolute atomic E-state index is 5.71. The number of ether oxygens (including phenoxy) is 1. The molecule has 1 aliphatic carbocycles. The Balaban J connectivity index is 1.47. The number of nitrogens with one attached hydrogen (secondary N) is 1. The minimum Gasteiger partial charge on any atom is -0.402 e. The highest BCUT2D eigenvalue weighted by Gasteiger charge is 2.33. The van der Waals surface area contributed by atoms with Crippen molar-refractivity contribution in [3.63, 3.8) is 0 Å². The van der Waals surface area contributed by atoms with Crippen molar-refractivity contribution >= 4 is 22.5 Å². The lowest BCUT2D eigenvalue weighted by Crippen LogP contribution is -2.41. The van der Waals surface area contributed by atoms with Gasteiger partial charge in [-0.3, -0.25) is 0 Å². The summed E-state index contributed by atoms with van der Waals surface area (Å²) in [5.41, 5.74) is 0.844. The summed E-state index contributed by atoms with van der Waals surface area (Å²) in [7, 11) is 0. The van der Waals surface area contributed by atoms with Crippen LogP contribution in [0.15, 0.2) is 9.80 Å². The van der Waals surface area contributed by atoms with Crippen LogP contribution in [0.4, 0.5) is 11.1 Å². The van der Waals surface area contributed by atoms with Gasteiger partial charge in [-0.25, -0.2) is 4.98 Å². The lowest BCUT2D eigenvalue weighted by molar-refractivity contribution is 0.122. The third-order valence-corrected chi connectivity index (χ3v) is 5.19. The molecule has 0 unspecified atom stereocenters. The molecule has 2 aromatic rings. The van der Waals surface area contributed by atoms with Gasteiger partial charge >= 0.3 is 6.01 Å². The van der Waals surface area contributed by atoms with Crippen molar-refractivity contribution in [3.05, 3.63) is 5.38 Å². The van der Waals surface area contributed by atoms with Gasteiger partial charge in [-0.15, -0.1) is 16.4 Å². The first kappa shape index (κ1) is 14.0. The van der Waals surface area contributed by atoms with Crippen LogP contribution >= 0.6 is 11.3 Å². The van der Waals surface area contributed by atoms with Crippen molar-refractivity contribution in [2.75, 3.05) is 36.5 Å². The molecular weight excluding hydrogens is 302 g/mol. The van der Waals surface area contributed by atoms with Gasteiger partial charge in [-0.05, 0) is 26.2 Å². The van der Waals surface area contributed by atoms with Crippen LogP contribution in [0.5, 0.6) is 0 Å². The fraction of sp³-hybridized carbons (Fsp3) is 0.643. The summed E-state index contributed by atoms with van der Waals surface area (Å²) in [6, 6.07) is 0.484. The number of nitrogens with zero attached hydrogens (tertiary/aromatic N) is 4. The van der Waals surface area contributed by atoms with E-state index in [0.717, 1.165) is 50.0 Å². The van der Waals surface area contributed by atoms with E-state index in [4.69, 9.17) is 9.15 Å². The predicted octanol–water partition coefficient (Wildman–Crippen LogP) is 2.38. The van der Waals surface area contributed by atoms with Gasteiger partial charge in [0.25, 0.3) is 5.89 Å². The average Bonchev–Trinajstić information content (AvgIpc) is 3.15. The van der Waals surface area contributed by atoms with Gasteiger partial charge in [0.1, 0.15) is 5.69 Å². The molecule has 0 amide bonds. The maximum atomic E-state index is 5.71. The zero-order valence-corrected chi connectivity index (χ0v) is 13.4. The summed E-state index contributed by atoms with van der Waals surface area (Å²) in [6.07, 6.45) is 3.53. The summed E-state index contributed by atoms with van der Waals surface area (Å²) in [6.45, 7) is 5.44. The van der Waals surface area contributed by atoms with Gasteiger partial charge in [-0.2, -0.15) is 0 Å². The number of hydrogen-bond acceptors (Lipinski definition) is 8.